The Kier molecular flexibility index (Phi) is 12.7. The highest BCUT2D eigenvalue weighted by Crippen LogP contribution is 2.19. The fourth-order valence-electron chi connectivity index (χ4n) is 2.41. The molecule has 1 N–H and O–H groups in total. The zero-order valence-electron chi connectivity index (χ0n) is 13.8. The van der Waals surface area contributed by atoms with Crippen molar-refractivity contribution in [2.45, 2.75) is 91.4 Å². The van der Waals surface area contributed by atoms with Crippen LogP contribution >= 0.6 is 0 Å². The number of carboxylic acids is 1. The highest BCUT2D eigenvalue weighted by atomic mass is 16.4. The molecule has 0 spiro atoms. The number of aliphatic carboxylic acids is 1. The molecule has 1 atom stereocenters. The predicted molar refractivity (Wildman–Crippen MR) is 87.0 cm³/mol. The Morgan fingerprint density at radius 3 is 2.35 bits per heavy atom. The molecule has 0 unspecified atom stereocenters. The molecular weight excluding hydrogens is 248 g/mol. The lowest BCUT2D eigenvalue weighted by molar-refractivity contribution is -0.137. The molecule has 0 rings (SSSR count). The van der Waals surface area contributed by atoms with Crippen molar-refractivity contribution in [3.8, 4) is 0 Å². The summed E-state index contributed by atoms with van der Waals surface area (Å²) < 4.78 is 0. The van der Waals surface area contributed by atoms with Crippen LogP contribution in [0.4, 0.5) is 0 Å². The third-order valence-corrected chi connectivity index (χ3v) is 4.08. The second kappa shape index (κ2) is 13.2. The summed E-state index contributed by atoms with van der Waals surface area (Å²) in [5.41, 5.74) is 1.48. The minimum absolute atomic E-state index is 0.313. The van der Waals surface area contributed by atoms with Gasteiger partial charge >= 0.3 is 5.97 Å². The van der Waals surface area contributed by atoms with E-state index in [2.05, 4.69) is 26.8 Å². The predicted octanol–water partition coefficient (Wildman–Crippen LogP) is 5.96. The number of hydrogen-bond donors (Lipinski definition) is 1. The summed E-state index contributed by atoms with van der Waals surface area (Å²) in [6.07, 6.45) is 15.0. The highest BCUT2D eigenvalue weighted by Gasteiger charge is 2.04. The van der Waals surface area contributed by atoms with Gasteiger partial charge in [-0.25, -0.2) is 0 Å². The standard InChI is InChI=1S/C18H34O2/c1-4-5-6-7-8-9-10-13-16(2)17(3)14-11-12-15-18(19)20/h13,17H,4-12,14-15H2,1-3H3,(H,19,20)/b16-13+/t17-/m1/s1. The van der Waals surface area contributed by atoms with Gasteiger partial charge in [0.2, 0.25) is 0 Å². The molecule has 20 heavy (non-hydrogen) atoms. The van der Waals surface area contributed by atoms with Crippen LogP contribution in [-0.4, -0.2) is 11.1 Å². The van der Waals surface area contributed by atoms with Gasteiger partial charge < -0.3 is 5.11 Å². The van der Waals surface area contributed by atoms with Crippen LogP contribution in [0, 0.1) is 5.92 Å². The molecule has 0 aromatic heterocycles. The van der Waals surface area contributed by atoms with Gasteiger partial charge in [0.15, 0.2) is 0 Å². The lowest BCUT2D eigenvalue weighted by Crippen LogP contribution is -1.99. The first-order valence-electron chi connectivity index (χ1n) is 8.46. The van der Waals surface area contributed by atoms with Crippen molar-refractivity contribution in [2.75, 3.05) is 0 Å². The van der Waals surface area contributed by atoms with Gasteiger partial charge in [-0.2, -0.15) is 0 Å². The Bertz CT molecular complexity index is 269. The van der Waals surface area contributed by atoms with Gasteiger partial charge in [-0.1, -0.05) is 64.0 Å². The molecule has 2 nitrogen and oxygen atoms in total. The van der Waals surface area contributed by atoms with Gasteiger partial charge in [-0.05, 0) is 38.5 Å². The van der Waals surface area contributed by atoms with Crippen LogP contribution in [0.15, 0.2) is 11.6 Å². The van der Waals surface area contributed by atoms with Gasteiger partial charge in [0.25, 0.3) is 0 Å². The number of hydrogen-bond acceptors (Lipinski definition) is 1. The second-order valence-corrected chi connectivity index (χ2v) is 6.05. The summed E-state index contributed by atoms with van der Waals surface area (Å²) in [7, 11) is 0. The quantitative estimate of drug-likeness (QED) is 0.334. The molecule has 0 saturated carbocycles. The maximum absolute atomic E-state index is 10.4. The molecule has 0 aliphatic rings. The van der Waals surface area contributed by atoms with Gasteiger partial charge in [-0.3, -0.25) is 4.79 Å². The van der Waals surface area contributed by atoms with Gasteiger partial charge in [0, 0.05) is 6.42 Å². The fourth-order valence-corrected chi connectivity index (χ4v) is 2.41. The summed E-state index contributed by atoms with van der Waals surface area (Å²) in [6.45, 7) is 6.73. The van der Waals surface area contributed by atoms with E-state index < -0.39 is 5.97 Å². The molecule has 0 saturated heterocycles. The average molecular weight is 282 g/mol. The van der Waals surface area contributed by atoms with E-state index >= 15 is 0 Å². The molecule has 0 aromatic rings. The van der Waals surface area contributed by atoms with E-state index in [0.717, 1.165) is 19.3 Å². The maximum Gasteiger partial charge on any atom is 0.303 e. The first-order valence-corrected chi connectivity index (χ1v) is 8.46. The van der Waals surface area contributed by atoms with Crippen LogP contribution in [0.3, 0.4) is 0 Å². The number of rotatable bonds is 13. The van der Waals surface area contributed by atoms with Crippen molar-refractivity contribution in [2.24, 2.45) is 5.92 Å². The third kappa shape index (κ3) is 12.3. The number of carbonyl (C=O) groups is 1. The Hall–Kier alpha value is -0.790. The molecule has 0 heterocycles. The highest BCUT2D eigenvalue weighted by molar-refractivity contribution is 5.66. The van der Waals surface area contributed by atoms with E-state index in [9.17, 15) is 4.79 Å². The topological polar surface area (TPSA) is 37.3 Å². The molecule has 0 aromatic carbocycles. The maximum atomic E-state index is 10.4. The Morgan fingerprint density at radius 2 is 1.70 bits per heavy atom. The summed E-state index contributed by atoms with van der Waals surface area (Å²) in [5.74, 6) is -0.0723. The fraction of sp³-hybridized carbons (Fsp3) is 0.833. The van der Waals surface area contributed by atoms with Crippen LogP contribution in [0.1, 0.15) is 91.4 Å². The van der Waals surface area contributed by atoms with Crippen LogP contribution in [-0.2, 0) is 4.79 Å². The summed E-state index contributed by atoms with van der Waals surface area (Å²) >= 11 is 0. The Labute approximate surface area is 125 Å². The normalized spacial score (nSPS) is 13.4. The zero-order chi connectivity index (χ0) is 15.2. The van der Waals surface area contributed by atoms with E-state index in [0.29, 0.717) is 12.3 Å². The SMILES string of the molecule is CCCCCCCC/C=C(\C)[C@H](C)CCCCC(=O)O. The van der Waals surface area contributed by atoms with E-state index in [4.69, 9.17) is 5.11 Å². The van der Waals surface area contributed by atoms with Crippen molar-refractivity contribution >= 4 is 5.97 Å². The molecule has 0 aliphatic heterocycles. The minimum Gasteiger partial charge on any atom is -0.481 e. The van der Waals surface area contributed by atoms with Gasteiger partial charge in [0.1, 0.15) is 0 Å². The lowest BCUT2D eigenvalue weighted by Gasteiger charge is -2.12. The number of carboxylic acid groups (broad SMARTS) is 1. The first-order chi connectivity index (χ1) is 9.57. The molecule has 2 heteroatoms. The lowest BCUT2D eigenvalue weighted by atomic mass is 9.94. The van der Waals surface area contributed by atoms with Crippen molar-refractivity contribution in [3.05, 3.63) is 11.6 Å². The molecular formula is C18H34O2. The van der Waals surface area contributed by atoms with Crippen LogP contribution in [0.25, 0.3) is 0 Å². The smallest absolute Gasteiger partial charge is 0.303 e. The van der Waals surface area contributed by atoms with Gasteiger partial charge in [0.05, 0.1) is 0 Å². The summed E-state index contributed by atoms with van der Waals surface area (Å²) in [4.78, 5) is 10.4. The molecule has 0 amide bonds. The monoisotopic (exact) mass is 282 g/mol. The Balaban J connectivity index is 3.58. The van der Waals surface area contributed by atoms with Crippen LogP contribution in [0.2, 0.25) is 0 Å². The minimum atomic E-state index is -0.673. The van der Waals surface area contributed by atoms with E-state index in [1.807, 2.05) is 0 Å². The largest absolute Gasteiger partial charge is 0.481 e. The molecule has 0 fully saturated rings. The molecule has 0 radical (unpaired) electrons. The van der Waals surface area contributed by atoms with E-state index in [1.165, 1.54) is 50.5 Å². The van der Waals surface area contributed by atoms with Crippen LogP contribution in [0.5, 0.6) is 0 Å². The van der Waals surface area contributed by atoms with Crippen molar-refractivity contribution in [3.63, 3.8) is 0 Å². The summed E-state index contributed by atoms with van der Waals surface area (Å²) in [6, 6.07) is 0. The van der Waals surface area contributed by atoms with Crippen molar-refractivity contribution in [1.82, 2.24) is 0 Å². The van der Waals surface area contributed by atoms with E-state index in [1.54, 1.807) is 0 Å². The Morgan fingerprint density at radius 1 is 1.05 bits per heavy atom. The van der Waals surface area contributed by atoms with Crippen molar-refractivity contribution in [1.29, 1.82) is 0 Å². The molecule has 118 valence electrons. The number of unbranched alkanes of at least 4 members (excludes halogenated alkanes) is 7. The first kappa shape index (κ1) is 19.2. The van der Waals surface area contributed by atoms with Crippen LogP contribution < -0.4 is 0 Å². The number of allylic oxidation sites excluding steroid dienone is 2. The van der Waals surface area contributed by atoms with E-state index in [-0.39, 0.29) is 0 Å². The van der Waals surface area contributed by atoms with Crippen molar-refractivity contribution < 1.29 is 9.90 Å². The molecule has 0 bridgehead atoms. The van der Waals surface area contributed by atoms with Gasteiger partial charge in [-0.15, -0.1) is 0 Å². The third-order valence-electron chi connectivity index (χ3n) is 4.08. The molecule has 0 aliphatic carbocycles. The average Bonchev–Trinajstić information content (AvgIpc) is 2.41. The summed E-state index contributed by atoms with van der Waals surface area (Å²) in [5, 5.41) is 8.60. The zero-order valence-corrected chi connectivity index (χ0v) is 13.8. The second-order valence-electron chi connectivity index (χ2n) is 6.05.